The highest BCUT2D eigenvalue weighted by Crippen LogP contribution is 2.40. The molecule has 0 unspecified atom stereocenters. The van der Waals surface area contributed by atoms with Crippen LogP contribution in [0.3, 0.4) is 0 Å². The molecule has 2 heterocycles. The van der Waals surface area contributed by atoms with Gasteiger partial charge in [-0.05, 0) is 54.5 Å². The Morgan fingerprint density at radius 3 is 2.61 bits per heavy atom. The van der Waals surface area contributed by atoms with Gasteiger partial charge in [0.05, 0.1) is 29.5 Å². The molecule has 8 heteroatoms. The standard InChI is InChI=1S/C28H24N2O5S/c1-4-35-27(33)23-16(2)29-28-30(26(32)22(36-28)15-17-9-12-19(31)13-10-17)25(23)24-20-8-6-5-7-18(20)11-14-21(24)34-3/h5-15,25,31H,4H2,1-3H3/b22-15-/t25-/m0/s1. The molecule has 4 aromatic rings. The summed E-state index contributed by atoms with van der Waals surface area (Å²) in [6, 6.07) is 17.4. The summed E-state index contributed by atoms with van der Waals surface area (Å²) in [5.74, 6) is 0.182. The number of ether oxygens (including phenoxy) is 2. The Labute approximate surface area is 210 Å². The van der Waals surface area contributed by atoms with E-state index in [9.17, 15) is 14.7 Å². The zero-order valence-electron chi connectivity index (χ0n) is 20.0. The normalized spacial score (nSPS) is 15.5. The number of aromatic hydroxyl groups is 1. The fourth-order valence-electron chi connectivity index (χ4n) is 4.52. The van der Waals surface area contributed by atoms with Crippen molar-refractivity contribution in [2.45, 2.75) is 19.9 Å². The fourth-order valence-corrected chi connectivity index (χ4v) is 5.57. The van der Waals surface area contributed by atoms with Crippen LogP contribution in [0.4, 0.5) is 0 Å². The van der Waals surface area contributed by atoms with Gasteiger partial charge >= 0.3 is 5.97 Å². The van der Waals surface area contributed by atoms with E-state index in [0.29, 0.717) is 31.9 Å². The second-order valence-corrected chi connectivity index (χ2v) is 9.31. The van der Waals surface area contributed by atoms with Crippen molar-refractivity contribution in [1.82, 2.24) is 4.57 Å². The van der Waals surface area contributed by atoms with E-state index in [1.165, 1.54) is 11.3 Å². The predicted molar refractivity (Wildman–Crippen MR) is 139 cm³/mol. The first-order chi connectivity index (χ1) is 17.4. The molecule has 36 heavy (non-hydrogen) atoms. The summed E-state index contributed by atoms with van der Waals surface area (Å²) >= 11 is 1.25. The van der Waals surface area contributed by atoms with Gasteiger partial charge in [0.15, 0.2) is 4.80 Å². The van der Waals surface area contributed by atoms with Gasteiger partial charge in [0, 0.05) is 5.56 Å². The van der Waals surface area contributed by atoms with Crippen molar-refractivity contribution in [2.24, 2.45) is 4.99 Å². The lowest BCUT2D eigenvalue weighted by molar-refractivity contribution is -0.139. The van der Waals surface area contributed by atoms with E-state index in [2.05, 4.69) is 4.99 Å². The van der Waals surface area contributed by atoms with Crippen LogP contribution in [0.25, 0.3) is 16.8 Å². The summed E-state index contributed by atoms with van der Waals surface area (Å²) in [4.78, 5) is 32.2. The maximum absolute atomic E-state index is 13.9. The Balaban J connectivity index is 1.84. The molecule has 1 aromatic heterocycles. The number of phenolic OH excluding ortho intramolecular Hbond substituents is 1. The fraction of sp³-hybridized carbons (Fsp3) is 0.179. The van der Waals surface area contributed by atoms with Gasteiger partial charge in [-0.2, -0.15) is 0 Å². The predicted octanol–water partition coefficient (Wildman–Crippen LogP) is 3.67. The van der Waals surface area contributed by atoms with E-state index in [-0.39, 0.29) is 17.9 Å². The SMILES string of the molecule is CCOC(=O)C1=C(C)N=c2s/c(=C\c3ccc(O)cc3)c(=O)n2[C@@H]1c1c(OC)ccc2ccccc12. The maximum Gasteiger partial charge on any atom is 0.338 e. The van der Waals surface area contributed by atoms with Crippen molar-refractivity contribution in [3.8, 4) is 11.5 Å². The average molecular weight is 501 g/mol. The minimum absolute atomic E-state index is 0.145. The second-order valence-electron chi connectivity index (χ2n) is 8.30. The van der Waals surface area contributed by atoms with Crippen LogP contribution in [0.1, 0.15) is 31.0 Å². The van der Waals surface area contributed by atoms with Crippen LogP contribution in [0.2, 0.25) is 0 Å². The molecular weight excluding hydrogens is 476 g/mol. The minimum Gasteiger partial charge on any atom is -0.508 e. The van der Waals surface area contributed by atoms with E-state index >= 15 is 0 Å². The number of methoxy groups -OCH3 is 1. The molecule has 1 N–H and O–H groups in total. The number of hydrogen-bond acceptors (Lipinski definition) is 7. The van der Waals surface area contributed by atoms with Crippen molar-refractivity contribution in [1.29, 1.82) is 0 Å². The Morgan fingerprint density at radius 1 is 1.14 bits per heavy atom. The number of thiazole rings is 1. The molecule has 0 saturated carbocycles. The molecule has 182 valence electrons. The molecule has 0 amide bonds. The summed E-state index contributed by atoms with van der Waals surface area (Å²) in [6.45, 7) is 3.70. The molecule has 0 spiro atoms. The van der Waals surface area contributed by atoms with Crippen molar-refractivity contribution in [2.75, 3.05) is 13.7 Å². The van der Waals surface area contributed by atoms with Crippen molar-refractivity contribution < 1.29 is 19.4 Å². The number of aromatic nitrogens is 1. The third-order valence-corrected chi connectivity index (χ3v) is 7.11. The number of benzene rings is 3. The molecule has 3 aromatic carbocycles. The number of rotatable bonds is 5. The lowest BCUT2D eigenvalue weighted by Crippen LogP contribution is -2.40. The van der Waals surface area contributed by atoms with E-state index in [1.807, 2.05) is 36.4 Å². The molecular formula is C28H24N2O5S. The largest absolute Gasteiger partial charge is 0.508 e. The smallest absolute Gasteiger partial charge is 0.338 e. The Morgan fingerprint density at radius 2 is 1.89 bits per heavy atom. The number of fused-ring (bicyclic) bond motifs is 2. The van der Waals surface area contributed by atoms with Crippen LogP contribution in [0.5, 0.6) is 11.5 Å². The number of carbonyl (C=O) groups excluding carboxylic acids is 1. The third-order valence-electron chi connectivity index (χ3n) is 6.13. The Hall–Kier alpha value is -4.17. The first kappa shape index (κ1) is 23.6. The van der Waals surface area contributed by atoms with E-state index in [4.69, 9.17) is 9.47 Å². The summed E-state index contributed by atoms with van der Waals surface area (Å²) in [5, 5.41) is 11.4. The van der Waals surface area contributed by atoms with E-state index < -0.39 is 12.0 Å². The highest BCUT2D eigenvalue weighted by Gasteiger charge is 2.36. The van der Waals surface area contributed by atoms with Gasteiger partial charge in [-0.1, -0.05) is 53.8 Å². The van der Waals surface area contributed by atoms with E-state index in [1.54, 1.807) is 55.9 Å². The lowest BCUT2D eigenvalue weighted by atomic mass is 9.90. The van der Waals surface area contributed by atoms with Crippen LogP contribution < -0.4 is 19.6 Å². The number of hydrogen-bond donors (Lipinski definition) is 1. The molecule has 1 aliphatic heterocycles. The molecule has 1 aliphatic rings. The quantitative estimate of drug-likeness (QED) is 0.423. The van der Waals surface area contributed by atoms with Gasteiger partial charge in [0.1, 0.15) is 17.5 Å². The van der Waals surface area contributed by atoms with Gasteiger partial charge in [0.25, 0.3) is 5.56 Å². The van der Waals surface area contributed by atoms with E-state index in [0.717, 1.165) is 16.3 Å². The molecule has 0 aliphatic carbocycles. The molecule has 7 nitrogen and oxygen atoms in total. The Kier molecular flexibility index (Phi) is 6.20. The van der Waals surface area contributed by atoms with Crippen molar-refractivity contribution in [3.63, 3.8) is 0 Å². The topological polar surface area (TPSA) is 90.1 Å². The van der Waals surface area contributed by atoms with Gasteiger partial charge in [-0.25, -0.2) is 9.79 Å². The van der Waals surface area contributed by atoms with Crippen LogP contribution in [-0.4, -0.2) is 29.4 Å². The summed E-state index contributed by atoms with van der Waals surface area (Å²) in [5.41, 5.74) is 1.98. The van der Waals surface area contributed by atoms with Crippen molar-refractivity contribution >= 4 is 34.2 Å². The number of carbonyl (C=O) groups is 1. The Bertz CT molecular complexity index is 1700. The lowest BCUT2D eigenvalue weighted by Gasteiger charge is -2.27. The summed E-state index contributed by atoms with van der Waals surface area (Å²) < 4.78 is 13.2. The molecule has 0 radical (unpaired) electrons. The minimum atomic E-state index is -0.789. The monoisotopic (exact) mass is 500 g/mol. The third kappa shape index (κ3) is 3.99. The number of nitrogens with zero attached hydrogens (tertiary/aromatic N) is 2. The van der Waals surface area contributed by atoms with Gasteiger partial charge < -0.3 is 14.6 Å². The first-order valence-electron chi connectivity index (χ1n) is 11.5. The maximum atomic E-state index is 13.9. The highest BCUT2D eigenvalue weighted by molar-refractivity contribution is 7.07. The molecule has 1 atom stereocenters. The number of phenols is 1. The van der Waals surface area contributed by atoms with Gasteiger partial charge in [0.2, 0.25) is 0 Å². The zero-order chi connectivity index (χ0) is 25.4. The highest BCUT2D eigenvalue weighted by atomic mass is 32.1. The second kappa shape index (κ2) is 9.47. The molecule has 5 rings (SSSR count). The number of esters is 1. The van der Waals surface area contributed by atoms with Crippen LogP contribution in [-0.2, 0) is 9.53 Å². The molecule has 0 fully saturated rings. The number of allylic oxidation sites excluding steroid dienone is 1. The van der Waals surface area contributed by atoms with Crippen LogP contribution >= 0.6 is 11.3 Å². The zero-order valence-corrected chi connectivity index (χ0v) is 20.8. The molecule has 0 saturated heterocycles. The van der Waals surface area contributed by atoms with Gasteiger partial charge in [-0.3, -0.25) is 9.36 Å². The summed E-state index contributed by atoms with van der Waals surface area (Å²) in [7, 11) is 1.57. The molecule has 0 bridgehead atoms. The summed E-state index contributed by atoms with van der Waals surface area (Å²) in [6.07, 6.45) is 1.75. The van der Waals surface area contributed by atoms with Crippen molar-refractivity contribution in [3.05, 3.63) is 103 Å². The first-order valence-corrected chi connectivity index (χ1v) is 12.3. The van der Waals surface area contributed by atoms with Crippen LogP contribution in [0, 0.1) is 0 Å². The average Bonchev–Trinajstić information content (AvgIpc) is 3.18. The van der Waals surface area contributed by atoms with Gasteiger partial charge in [-0.15, -0.1) is 0 Å². The van der Waals surface area contributed by atoms with Crippen LogP contribution in [0.15, 0.2) is 81.7 Å².